The third-order valence-electron chi connectivity index (χ3n) is 6.15. The average molecular weight is 447 g/mol. The Labute approximate surface area is 180 Å². The number of benzene rings is 1. The lowest BCUT2D eigenvalue weighted by molar-refractivity contribution is -0.137. The largest absolute Gasteiger partial charge is 0.425 e. The molecule has 4 heterocycles. The summed E-state index contributed by atoms with van der Waals surface area (Å²) in [7, 11) is 1.57. The molecule has 1 aromatic carbocycles. The maximum Gasteiger partial charge on any atom is 0.417 e. The SMILES string of the molecule is C[C@@H]1C[C@@H]2C[C@](c3nnco3)(C1)N2C(=O)Nc1ccc(C(F)(F)F)c(-c2ncn(C)n2)c1. The van der Waals surface area contributed by atoms with Gasteiger partial charge in [0.05, 0.1) is 5.56 Å². The number of hydrogen-bond acceptors (Lipinski definition) is 6. The van der Waals surface area contributed by atoms with Crippen LogP contribution in [-0.4, -0.2) is 41.9 Å². The first-order chi connectivity index (χ1) is 15.2. The number of alkyl halides is 3. The van der Waals surface area contributed by atoms with Gasteiger partial charge < -0.3 is 14.6 Å². The number of fused-ring (bicyclic) bond motifs is 2. The Morgan fingerprint density at radius 2 is 2.12 bits per heavy atom. The lowest BCUT2D eigenvalue weighted by Crippen LogP contribution is -2.70. The number of aromatic nitrogens is 5. The number of rotatable bonds is 3. The van der Waals surface area contributed by atoms with Crippen LogP contribution >= 0.6 is 0 Å². The second-order valence-electron chi connectivity index (χ2n) is 8.48. The van der Waals surface area contributed by atoms with Gasteiger partial charge in [-0.15, -0.1) is 10.2 Å². The molecule has 32 heavy (non-hydrogen) atoms. The van der Waals surface area contributed by atoms with Crippen molar-refractivity contribution in [2.75, 3.05) is 5.32 Å². The first-order valence-electron chi connectivity index (χ1n) is 10.1. The number of nitrogens with one attached hydrogen (secondary N) is 1. The molecule has 12 heteroatoms. The summed E-state index contributed by atoms with van der Waals surface area (Å²) in [5.74, 6) is 0.673. The molecule has 3 aliphatic rings. The van der Waals surface area contributed by atoms with E-state index in [9.17, 15) is 18.0 Å². The summed E-state index contributed by atoms with van der Waals surface area (Å²) in [6.07, 6.45) is 0.174. The molecule has 2 bridgehead atoms. The van der Waals surface area contributed by atoms with Gasteiger partial charge in [-0.05, 0) is 37.0 Å². The Kier molecular flexibility index (Phi) is 4.50. The van der Waals surface area contributed by atoms with Gasteiger partial charge in [-0.25, -0.2) is 9.78 Å². The summed E-state index contributed by atoms with van der Waals surface area (Å²) < 4.78 is 47.4. The van der Waals surface area contributed by atoms with E-state index in [0.717, 1.165) is 12.5 Å². The van der Waals surface area contributed by atoms with Gasteiger partial charge in [0.25, 0.3) is 0 Å². The third kappa shape index (κ3) is 3.21. The molecule has 0 radical (unpaired) electrons. The molecule has 1 saturated carbocycles. The van der Waals surface area contributed by atoms with Gasteiger partial charge in [-0.2, -0.15) is 18.3 Å². The highest BCUT2D eigenvalue weighted by molar-refractivity contribution is 5.92. The monoisotopic (exact) mass is 447 g/mol. The molecule has 1 aliphatic carbocycles. The maximum absolute atomic E-state index is 13.5. The molecule has 6 rings (SSSR count). The van der Waals surface area contributed by atoms with Crippen molar-refractivity contribution in [1.29, 1.82) is 0 Å². The molecular weight excluding hydrogens is 427 g/mol. The highest BCUT2D eigenvalue weighted by Crippen LogP contribution is 2.55. The Bertz CT molecular complexity index is 1160. The predicted molar refractivity (Wildman–Crippen MR) is 105 cm³/mol. The molecule has 0 spiro atoms. The van der Waals surface area contributed by atoms with Gasteiger partial charge in [-0.3, -0.25) is 4.68 Å². The second kappa shape index (κ2) is 7.04. The number of anilines is 1. The minimum absolute atomic E-state index is 0.00275. The molecule has 2 aromatic heterocycles. The normalized spacial score (nSPS) is 24.8. The molecule has 1 N–H and O–H groups in total. The van der Waals surface area contributed by atoms with E-state index in [2.05, 4.69) is 32.5 Å². The van der Waals surface area contributed by atoms with Crippen molar-refractivity contribution >= 4 is 11.7 Å². The molecular formula is C20H20F3N7O2. The molecule has 0 unspecified atom stereocenters. The van der Waals surface area contributed by atoms with Gasteiger partial charge in [0, 0.05) is 30.8 Å². The minimum Gasteiger partial charge on any atom is -0.425 e. The highest BCUT2D eigenvalue weighted by atomic mass is 19.4. The van der Waals surface area contributed by atoms with Crippen LogP contribution in [0, 0.1) is 5.92 Å². The predicted octanol–water partition coefficient (Wildman–Crippen LogP) is 3.82. The molecule has 168 valence electrons. The number of halogens is 3. The highest BCUT2D eigenvalue weighted by Gasteiger charge is 2.62. The smallest absolute Gasteiger partial charge is 0.417 e. The Balaban J connectivity index is 1.46. The number of aryl methyl sites for hydroxylation is 1. The van der Waals surface area contributed by atoms with Gasteiger partial charge in [0.15, 0.2) is 5.82 Å². The van der Waals surface area contributed by atoms with E-state index in [1.54, 1.807) is 11.9 Å². The van der Waals surface area contributed by atoms with Gasteiger partial charge >= 0.3 is 12.2 Å². The maximum atomic E-state index is 13.5. The Morgan fingerprint density at radius 3 is 2.78 bits per heavy atom. The molecule has 9 nitrogen and oxygen atoms in total. The van der Waals surface area contributed by atoms with Crippen molar-refractivity contribution in [3.05, 3.63) is 42.4 Å². The fourth-order valence-corrected chi connectivity index (χ4v) is 5.03. The Hall–Kier alpha value is -3.44. The van der Waals surface area contributed by atoms with Crippen LogP contribution in [-0.2, 0) is 18.8 Å². The standard InChI is InChI=1S/C20H20F3N7O2/c1-11-5-13-8-19(7-11,17-27-25-10-32-17)30(13)18(31)26-12-3-4-15(20(21,22)23)14(6-12)16-24-9-29(2)28-16/h3-4,6,9-11,13H,5,7-8H2,1-2H3,(H,26,31)/t11-,13-,19+/m1/s1. The van der Waals surface area contributed by atoms with Crippen molar-refractivity contribution in [2.45, 2.75) is 43.9 Å². The quantitative estimate of drug-likeness (QED) is 0.655. The zero-order chi connectivity index (χ0) is 22.7. The summed E-state index contributed by atoms with van der Waals surface area (Å²) >= 11 is 0. The summed E-state index contributed by atoms with van der Waals surface area (Å²) in [6, 6.07) is 2.97. The molecule has 3 atom stereocenters. The number of urea groups is 1. The van der Waals surface area contributed by atoms with E-state index in [1.807, 2.05) is 0 Å². The van der Waals surface area contributed by atoms with Gasteiger partial charge in [0.2, 0.25) is 12.3 Å². The fraction of sp³-hybridized carbons (Fsp3) is 0.450. The van der Waals surface area contributed by atoms with Crippen molar-refractivity contribution in [3.8, 4) is 11.4 Å². The van der Waals surface area contributed by atoms with Crippen LogP contribution in [0.15, 0.2) is 35.3 Å². The van der Waals surface area contributed by atoms with Gasteiger partial charge in [-0.1, -0.05) is 6.92 Å². The van der Waals surface area contributed by atoms with Crippen LogP contribution in [0.5, 0.6) is 0 Å². The van der Waals surface area contributed by atoms with E-state index in [-0.39, 0.29) is 23.1 Å². The number of nitrogens with zero attached hydrogens (tertiary/aromatic N) is 6. The molecule has 3 aromatic rings. The van der Waals surface area contributed by atoms with E-state index in [1.165, 1.54) is 29.5 Å². The third-order valence-corrected chi connectivity index (χ3v) is 6.15. The van der Waals surface area contributed by atoms with Crippen LogP contribution < -0.4 is 5.32 Å². The summed E-state index contributed by atoms with van der Waals surface area (Å²) in [5, 5.41) is 14.5. The molecule has 2 saturated heterocycles. The average Bonchev–Trinajstić information content (AvgIpc) is 3.38. The number of carbonyl (C=O) groups is 1. The van der Waals surface area contributed by atoms with E-state index >= 15 is 0 Å². The summed E-state index contributed by atoms with van der Waals surface area (Å²) in [4.78, 5) is 18.8. The van der Waals surface area contributed by atoms with Crippen molar-refractivity contribution in [2.24, 2.45) is 13.0 Å². The number of hydrogen-bond donors (Lipinski definition) is 1. The van der Waals surface area contributed by atoms with E-state index in [4.69, 9.17) is 4.42 Å². The minimum atomic E-state index is -4.59. The van der Waals surface area contributed by atoms with Crippen LogP contribution in [0.25, 0.3) is 11.4 Å². The van der Waals surface area contributed by atoms with E-state index in [0.29, 0.717) is 24.7 Å². The first-order valence-corrected chi connectivity index (χ1v) is 10.1. The first kappa shape index (κ1) is 20.5. The fourth-order valence-electron chi connectivity index (χ4n) is 5.03. The topological polar surface area (TPSA) is 102 Å². The number of amides is 2. The number of carbonyl (C=O) groups excluding carboxylic acids is 1. The van der Waals surface area contributed by atoms with Crippen LogP contribution in [0.4, 0.5) is 23.7 Å². The summed E-state index contributed by atoms with van der Waals surface area (Å²) in [5.41, 5.74) is -1.57. The zero-order valence-corrected chi connectivity index (χ0v) is 17.3. The summed E-state index contributed by atoms with van der Waals surface area (Å²) in [6.45, 7) is 2.11. The van der Waals surface area contributed by atoms with Crippen LogP contribution in [0.2, 0.25) is 0 Å². The van der Waals surface area contributed by atoms with Crippen LogP contribution in [0.1, 0.15) is 37.6 Å². The second-order valence-corrected chi connectivity index (χ2v) is 8.48. The Morgan fingerprint density at radius 1 is 1.31 bits per heavy atom. The molecule has 2 aliphatic heterocycles. The lowest BCUT2D eigenvalue weighted by atomic mass is 9.64. The molecule has 3 fully saturated rings. The van der Waals surface area contributed by atoms with E-state index < -0.39 is 23.3 Å². The van der Waals surface area contributed by atoms with Gasteiger partial charge in [0.1, 0.15) is 11.9 Å². The van der Waals surface area contributed by atoms with Crippen molar-refractivity contribution < 1.29 is 22.4 Å². The zero-order valence-electron chi connectivity index (χ0n) is 17.3. The lowest BCUT2D eigenvalue weighted by Gasteiger charge is -2.61. The number of piperidine rings is 1. The van der Waals surface area contributed by atoms with Crippen LogP contribution in [0.3, 0.4) is 0 Å². The van der Waals surface area contributed by atoms with Crippen molar-refractivity contribution in [3.63, 3.8) is 0 Å². The molecule has 2 amide bonds. The van der Waals surface area contributed by atoms with Crippen molar-refractivity contribution in [1.82, 2.24) is 29.9 Å².